The number of nitrogens with one attached hydrogen (secondary N) is 2. The van der Waals surface area contributed by atoms with Crippen molar-refractivity contribution in [3.63, 3.8) is 0 Å². The molecule has 0 bridgehead atoms. The summed E-state index contributed by atoms with van der Waals surface area (Å²) in [6.45, 7) is 10.1. The number of amides is 1. The highest BCUT2D eigenvalue weighted by Gasteiger charge is 2.32. The van der Waals surface area contributed by atoms with E-state index in [1.54, 1.807) is 25.2 Å². The maximum absolute atomic E-state index is 14.4. The van der Waals surface area contributed by atoms with Gasteiger partial charge in [-0.2, -0.15) is 0 Å². The Kier molecular flexibility index (Phi) is 9.42. The summed E-state index contributed by atoms with van der Waals surface area (Å²) in [5, 5.41) is 3.50. The molecule has 1 fully saturated rings. The number of benzene rings is 2. The molecule has 0 aliphatic heterocycles. The number of fused-ring (bicyclic) bond motifs is 1. The van der Waals surface area contributed by atoms with Crippen LogP contribution in [0, 0.1) is 24.5 Å². The molecule has 4 rings (SSSR count). The van der Waals surface area contributed by atoms with Crippen LogP contribution < -0.4 is 5.32 Å². The molecule has 0 saturated heterocycles. The van der Waals surface area contributed by atoms with Crippen LogP contribution in [0.25, 0.3) is 22.2 Å². The molecule has 1 aliphatic rings. The number of H-pyrrole nitrogens is 1. The molecule has 3 nitrogen and oxygen atoms in total. The Labute approximate surface area is 190 Å². The van der Waals surface area contributed by atoms with Crippen molar-refractivity contribution in [3.8, 4) is 11.3 Å². The lowest BCUT2D eigenvalue weighted by atomic mass is 9.71. The summed E-state index contributed by atoms with van der Waals surface area (Å²) in [4.78, 5) is 13.6. The number of aromatic amines is 1. The average molecular weight is 443 g/mol. The van der Waals surface area contributed by atoms with Crippen LogP contribution in [0.2, 0.25) is 0 Å². The van der Waals surface area contributed by atoms with Crippen LogP contribution in [0.5, 0.6) is 0 Å². The monoisotopic (exact) mass is 442 g/mol. The zero-order valence-electron chi connectivity index (χ0n) is 20.1. The Morgan fingerprint density at radius 2 is 1.75 bits per heavy atom. The Morgan fingerprint density at radius 1 is 1.12 bits per heavy atom. The summed E-state index contributed by atoms with van der Waals surface area (Å²) in [5.41, 5.74) is 4.51. The first kappa shape index (κ1) is 25.6. The van der Waals surface area contributed by atoms with Crippen LogP contribution in [0.15, 0.2) is 36.4 Å². The predicted molar refractivity (Wildman–Crippen MR) is 130 cm³/mol. The SMILES string of the molecule is CC.CCCC(=O)NC.Cc1cc(F)c2[nH]c(-c3ccc(F)cc3)c(C3CC(C)C3)c2c1. The number of hydrogen-bond acceptors (Lipinski definition) is 1. The van der Waals surface area contributed by atoms with E-state index >= 15 is 0 Å². The topological polar surface area (TPSA) is 44.9 Å². The smallest absolute Gasteiger partial charge is 0.219 e. The van der Waals surface area contributed by atoms with Gasteiger partial charge in [-0.05, 0) is 91.1 Å². The molecule has 2 N–H and O–H groups in total. The van der Waals surface area contributed by atoms with Crippen molar-refractivity contribution in [2.75, 3.05) is 7.05 Å². The molecule has 1 saturated carbocycles. The lowest BCUT2D eigenvalue weighted by Gasteiger charge is -2.33. The van der Waals surface area contributed by atoms with Gasteiger partial charge in [0.2, 0.25) is 5.91 Å². The molecule has 3 aromatic rings. The molecule has 1 amide bonds. The van der Waals surface area contributed by atoms with Gasteiger partial charge in [0.05, 0.1) is 11.2 Å². The van der Waals surface area contributed by atoms with Crippen LogP contribution >= 0.6 is 0 Å². The molecule has 1 heterocycles. The molecule has 0 radical (unpaired) electrons. The Bertz CT molecular complexity index is 1020. The van der Waals surface area contributed by atoms with Crippen LogP contribution in [0.3, 0.4) is 0 Å². The highest BCUT2D eigenvalue weighted by molar-refractivity contribution is 5.92. The fourth-order valence-electron chi connectivity index (χ4n) is 4.17. The van der Waals surface area contributed by atoms with Crippen LogP contribution in [0.1, 0.15) is 70.4 Å². The van der Waals surface area contributed by atoms with Gasteiger partial charge in [0.1, 0.15) is 11.6 Å². The van der Waals surface area contributed by atoms with Gasteiger partial charge in [0.15, 0.2) is 0 Å². The minimum atomic E-state index is -0.259. The van der Waals surface area contributed by atoms with Crippen molar-refractivity contribution in [2.24, 2.45) is 5.92 Å². The molecular formula is C27H36F2N2O. The maximum atomic E-state index is 14.4. The number of halogens is 2. The van der Waals surface area contributed by atoms with E-state index in [9.17, 15) is 13.6 Å². The lowest BCUT2D eigenvalue weighted by molar-refractivity contribution is -0.120. The molecule has 174 valence electrons. The van der Waals surface area contributed by atoms with E-state index < -0.39 is 0 Å². The molecule has 1 aromatic heterocycles. The Morgan fingerprint density at radius 3 is 2.25 bits per heavy atom. The molecule has 2 aromatic carbocycles. The molecule has 32 heavy (non-hydrogen) atoms. The van der Waals surface area contributed by atoms with E-state index in [0.717, 1.165) is 41.5 Å². The van der Waals surface area contributed by atoms with Crippen molar-refractivity contribution in [2.45, 2.75) is 66.2 Å². The van der Waals surface area contributed by atoms with Crippen LogP contribution in [-0.4, -0.2) is 17.9 Å². The summed E-state index contributed by atoms with van der Waals surface area (Å²) in [6.07, 6.45) is 3.82. The van der Waals surface area contributed by atoms with E-state index in [1.165, 1.54) is 17.7 Å². The standard InChI is InChI=1S/C20H19F2N.C5H11NO.C2H6/c1-11-7-14(8-11)18-16-9-12(2)10-17(22)20(16)23-19(18)13-3-5-15(21)6-4-13;1-3-4-5(7)6-2;1-2/h3-6,9-11,14,23H,7-8H2,1-2H3;3-4H2,1-2H3,(H,6,7);1-2H3. The second kappa shape index (κ2) is 11.8. The summed E-state index contributed by atoms with van der Waals surface area (Å²) < 4.78 is 27.6. The number of rotatable bonds is 4. The van der Waals surface area contributed by atoms with Crippen molar-refractivity contribution in [1.82, 2.24) is 10.3 Å². The lowest BCUT2D eigenvalue weighted by Crippen LogP contribution is -2.19. The largest absolute Gasteiger partial charge is 0.359 e. The summed E-state index contributed by atoms with van der Waals surface area (Å²) in [7, 11) is 1.65. The van der Waals surface area contributed by atoms with Gasteiger partial charge in [-0.25, -0.2) is 8.78 Å². The summed E-state index contributed by atoms with van der Waals surface area (Å²) in [5.74, 6) is 0.802. The molecule has 0 atom stereocenters. The fourth-order valence-corrected chi connectivity index (χ4v) is 4.17. The van der Waals surface area contributed by atoms with Crippen molar-refractivity contribution >= 4 is 16.8 Å². The average Bonchev–Trinajstić information content (AvgIpc) is 3.13. The maximum Gasteiger partial charge on any atom is 0.219 e. The normalized spacial score (nSPS) is 16.9. The predicted octanol–water partition coefficient (Wildman–Crippen LogP) is 7.49. The van der Waals surface area contributed by atoms with E-state index in [0.29, 0.717) is 23.8 Å². The van der Waals surface area contributed by atoms with Gasteiger partial charge in [-0.1, -0.05) is 27.7 Å². The van der Waals surface area contributed by atoms with Gasteiger partial charge in [0, 0.05) is 18.9 Å². The first-order valence-corrected chi connectivity index (χ1v) is 11.6. The Balaban J connectivity index is 0.000000348. The fraction of sp³-hybridized carbons (Fsp3) is 0.444. The second-order valence-electron chi connectivity index (χ2n) is 8.29. The van der Waals surface area contributed by atoms with E-state index in [1.807, 2.05) is 27.7 Å². The van der Waals surface area contributed by atoms with Gasteiger partial charge in [-0.3, -0.25) is 4.79 Å². The zero-order chi connectivity index (χ0) is 23.8. The summed E-state index contributed by atoms with van der Waals surface area (Å²) in [6, 6.07) is 10.0. The van der Waals surface area contributed by atoms with Gasteiger partial charge < -0.3 is 10.3 Å². The number of aromatic nitrogens is 1. The van der Waals surface area contributed by atoms with Gasteiger partial charge in [-0.15, -0.1) is 0 Å². The van der Waals surface area contributed by atoms with Crippen molar-refractivity contribution in [3.05, 3.63) is 59.2 Å². The first-order chi connectivity index (χ1) is 15.3. The third-order valence-corrected chi connectivity index (χ3v) is 5.71. The number of carbonyl (C=O) groups is 1. The molecule has 0 unspecified atom stereocenters. The van der Waals surface area contributed by atoms with E-state index in [-0.39, 0.29) is 17.5 Å². The third-order valence-electron chi connectivity index (χ3n) is 5.71. The number of hydrogen-bond donors (Lipinski definition) is 2. The van der Waals surface area contributed by atoms with Gasteiger partial charge in [0.25, 0.3) is 0 Å². The van der Waals surface area contributed by atoms with Gasteiger partial charge >= 0.3 is 0 Å². The van der Waals surface area contributed by atoms with E-state index in [4.69, 9.17) is 0 Å². The molecular weight excluding hydrogens is 406 g/mol. The summed E-state index contributed by atoms with van der Waals surface area (Å²) >= 11 is 0. The van der Waals surface area contributed by atoms with Crippen LogP contribution in [0.4, 0.5) is 8.78 Å². The van der Waals surface area contributed by atoms with E-state index in [2.05, 4.69) is 23.3 Å². The minimum absolute atomic E-state index is 0.127. The third kappa shape index (κ3) is 5.96. The molecule has 5 heteroatoms. The molecule has 0 spiro atoms. The van der Waals surface area contributed by atoms with Crippen molar-refractivity contribution in [1.29, 1.82) is 0 Å². The van der Waals surface area contributed by atoms with Crippen LogP contribution in [-0.2, 0) is 4.79 Å². The quantitative estimate of drug-likeness (QED) is 0.432. The number of aryl methyl sites for hydroxylation is 1. The molecule has 1 aliphatic carbocycles. The first-order valence-electron chi connectivity index (χ1n) is 11.6. The minimum Gasteiger partial charge on any atom is -0.359 e. The zero-order valence-corrected chi connectivity index (χ0v) is 20.1. The van der Waals surface area contributed by atoms with Crippen molar-refractivity contribution < 1.29 is 13.6 Å². The Hall–Kier alpha value is -2.69. The second-order valence-corrected chi connectivity index (χ2v) is 8.29. The highest BCUT2D eigenvalue weighted by atomic mass is 19.1. The number of carbonyl (C=O) groups excluding carboxylic acids is 1. The highest BCUT2D eigenvalue weighted by Crippen LogP contribution is 2.48.